The lowest BCUT2D eigenvalue weighted by atomic mass is 10.3. The number of aromatic nitrogens is 1. The zero-order chi connectivity index (χ0) is 13.1. The van der Waals surface area contributed by atoms with E-state index >= 15 is 0 Å². The second kappa shape index (κ2) is 5.49. The molecule has 18 heavy (non-hydrogen) atoms. The van der Waals surface area contributed by atoms with E-state index < -0.39 is 0 Å². The molecule has 0 aliphatic carbocycles. The summed E-state index contributed by atoms with van der Waals surface area (Å²) in [6.07, 6.45) is 1.67. The van der Waals surface area contributed by atoms with Crippen molar-refractivity contribution in [2.45, 2.75) is 0 Å². The number of anilines is 2. The summed E-state index contributed by atoms with van der Waals surface area (Å²) >= 11 is 4.77. The second-order valence-electron chi connectivity index (χ2n) is 3.62. The molecule has 1 N–H and O–H groups in total. The molecule has 2 rings (SSSR count). The number of rotatable bonds is 3. The average molecular weight is 326 g/mol. The van der Waals surface area contributed by atoms with Crippen molar-refractivity contribution in [3.63, 3.8) is 0 Å². The lowest BCUT2D eigenvalue weighted by molar-refractivity contribution is 0.0997. The topological polar surface area (TPSA) is 45.2 Å². The molecule has 0 saturated heterocycles. The van der Waals surface area contributed by atoms with Crippen LogP contribution in [-0.4, -0.2) is 25.0 Å². The second-order valence-corrected chi connectivity index (χ2v) is 6.08. The summed E-state index contributed by atoms with van der Waals surface area (Å²) in [6, 6.07) is 7.37. The minimum absolute atomic E-state index is 0.0373. The van der Waals surface area contributed by atoms with Gasteiger partial charge in [0.15, 0.2) is 0 Å². The molecular formula is C12H12BrN3OS. The maximum Gasteiger partial charge on any atom is 0.268 e. The Bertz CT molecular complexity index is 553. The molecule has 0 bridgehead atoms. The van der Waals surface area contributed by atoms with E-state index in [-0.39, 0.29) is 5.91 Å². The third kappa shape index (κ3) is 2.70. The van der Waals surface area contributed by atoms with Crippen molar-refractivity contribution in [2.24, 2.45) is 0 Å². The SMILES string of the molecule is CNc1ccc(N(C)C(=O)c2ccc(Br)s2)cn1. The third-order valence-electron chi connectivity index (χ3n) is 2.48. The number of carbonyl (C=O) groups is 1. The van der Waals surface area contributed by atoms with Crippen molar-refractivity contribution in [3.05, 3.63) is 39.1 Å². The van der Waals surface area contributed by atoms with Gasteiger partial charge in [0.2, 0.25) is 0 Å². The van der Waals surface area contributed by atoms with Crippen LogP contribution in [0.2, 0.25) is 0 Å². The molecule has 1 amide bonds. The summed E-state index contributed by atoms with van der Waals surface area (Å²) in [4.78, 5) is 18.7. The average Bonchev–Trinajstić information content (AvgIpc) is 2.84. The van der Waals surface area contributed by atoms with Crippen LogP contribution < -0.4 is 10.2 Å². The quantitative estimate of drug-likeness (QED) is 0.942. The Morgan fingerprint density at radius 2 is 2.17 bits per heavy atom. The van der Waals surface area contributed by atoms with Gasteiger partial charge in [-0.1, -0.05) is 0 Å². The van der Waals surface area contributed by atoms with Crippen LogP contribution in [0.15, 0.2) is 34.2 Å². The Kier molecular flexibility index (Phi) is 3.98. The number of nitrogens with one attached hydrogen (secondary N) is 1. The Morgan fingerprint density at radius 3 is 2.67 bits per heavy atom. The van der Waals surface area contributed by atoms with Gasteiger partial charge < -0.3 is 10.2 Å². The highest BCUT2D eigenvalue weighted by atomic mass is 79.9. The first-order chi connectivity index (χ1) is 8.61. The van der Waals surface area contributed by atoms with Crippen molar-refractivity contribution in [1.29, 1.82) is 0 Å². The number of hydrogen-bond acceptors (Lipinski definition) is 4. The van der Waals surface area contributed by atoms with Crippen molar-refractivity contribution >= 4 is 44.7 Å². The maximum absolute atomic E-state index is 12.2. The van der Waals surface area contributed by atoms with Crippen LogP contribution in [0.3, 0.4) is 0 Å². The van der Waals surface area contributed by atoms with Crippen LogP contribution in [-0.2, 0) is 0 Å². The molecule has 94 valence electrons. The first kappa shape index (κ1) is 13.0. The van der Waals surface area contributed by atoms with E-state index in [1.54, 1.807) is 25.2 Å². The molecule has 2 aromatic rings. The van der Waals surface area contributed by atoms with E-state index in [0.717, 1.165) is 15.3 Å². The van der Waals surface area contributed by atoms with Crippen molar-refractivity contribution in [2.75, 3.05) is 24.3 Å². The highest BCUT2D eigenvalue weighted by Crippen LogP contribution is 2.24. The van der Waals surface area contributed by atoms with Gasteiger partial charge in [0.1, 0.15) is 5.82 Å². The van der Waals surface area contributed by atoms with Crippen LogP contribution in [0, 0.1) is 0 Å². The minimum atomic E-state index is -0.0373. The molecule has 0 unspecified atom stereocenters. The van der Waals surface area contributed by atoms with Crippen molar-refractivity contribution in [3.8, 4) is 0 Å². The van der Waals surface area contributed by atoms with Gasteiger partial charge in [-0.25, -0.2) is 4.98 Å². The molecule has 2 heterocycles. The Morgan fingerprint density at radius 1 is 1.39 bits per heavy atom. The zero-order valence-corrected chi connectivity index (χ0v) is 12.4. The van der Waals surface area contributed by atoms with Crippen LogP contribution in [0.5, 0.6) is 0 Å². The van der Waals surface area contributed by atoms with E-state index in [1.807, 2.05) is 24.3 Å². The van der Waals surface area contributed by atoms with E-state index in [1.165, 1.54) is 11.3 Å². The molecule has 6 heteroatoms. The molecule has 0 fully saturated rings. The molecule has 0 aliphatic rings. The van der Waals surface area contributed by atoms with E-state index in [0.29, 0.717) is 4.88 Å². The highest BCUT2D eigenvalue weighted by molar-refractivity contribution is 9.11. The third-order valence-corrected chi connectivity index (χ3v) is 4.09. The van der Waals surface area contributed by atoms with Gasteiger partial charge >= 0.3 is 0 Å². The first-order valence-electron chi connectivity index (χ1n) is 5.29. The lowest BCUT2D eigenvalue weighted by Crippen LogP contribution is -2.25. The normalized spacial score (nSPS) is 10.2. The van der Waals surface area contributed by atoms with Gasteiger partial charge in [0.05, 0.1) is 20.5 Å². The van der Waals surface area contributed by atoms with E-state index in [9.17, 15) is 4.79 Å². The molecule has 0 spiro atoms. The summed E-state index contributed by atoms with van der Waals surface area (Å²) in [5, 5.41) is 2.94. The summed E-state index contributed by atoms with van der Waals surface area (Å²) in [5.74, 6) is 0.739. The number of amides is 1. The van der Waals surface area contributed by atoms with Gasteiger partial charge in [-0.15, -0.1) is 11.3 Å². The molecule has 0 radical (unpaired) electrons. The summed E-state index contributed by atoms with van der Waals surface area (Å²) in [6.45, 7) is 0. The number of halogens is 1. The lowest BCUT2D eigenvalue weighted by Gasteiger charge is -2.16. The van der Waals surface area contributed by atoms with Crippen molar-refractivity contribution in [1.82, 2.24) is 4.98 Å². The molecule has 4 nitrogen and oxygen atoms in total. The first-order valence-corrected chi connectivity index (χ1v) is 6.90. The van der Waals surface area contributed by atoms with Crippen LogP contribution in [0.4, 0.5) is 11.5 Å². The fraction of sp³-hybridized carbons (Fsp3) is 0.167. The van der Waals surface area contributed by atoms with Gasteiger partial charge in [-0.2, -0.15) is 0 Å². The minimum Gasteiger partial charge on any atom is -0.373 e. The molecule has 0 saturated carbocycles. The fourth-order valence-corrected chi connectivity index (χ4v) is 2.81. The predicted molar refractivity (Wildman–Crippen MR) is 78.5 cm³/mol. The van der Waals surface area contributed by atoms with E-state index in [2.05, 4.69) is 26.2 Å². The van der Waals surface area contributed by atoms with Gasteiger partial charge in [0, 0.05) is 14.1 Å². The molecular weight excluding hydrogens is 314 g/mol. The Labute approximate surface area is 118 Å². The van der Waals surface area contributed by atoms with Crippen LogP contribution in [0.1, 0.15) is 9.67 Å². The van der Waals surface area contributed by atoms with Gasteiger partial charge in [-0.05, 0) is 40.2 Å². The number of carbonyl (C=O) groups excluding carboxylic acids is 1. The number of hydrogen-bond donors (Lipinski definition) is 1. The van der Waals surface area contributed by atoms with E-state index in [4.69, 9.17) is 0 Å². The smallest absolute Gasteiger partial charge is 0.268 e. The zero-order valence-electron chi connectivity index (χ0n) is 9.98. The fourth-order valence-electron chi connectivity index (χ4n) is 1.44. The largest absolute Gasteiger partial charge is 0.373 e. The van der Waals surface area contributed by atoms with Crippen LogP contribution >= 0.6 is 27.3 Å². The summed E-state index contributed by atoms with van der Waals surface area (Å²) < 4.78 is 0.947. The molecule has 2 aromatic heterocycles. The monoisotopic (exact) mass is 325 g/mol. The van der Waals surface area contributed by atoms with Gasteiger partial charge in [0.25, 0.3) is 5.91 Å². The summed E-state index contributed by atoms with van der Waals surface area (Å²) in [5.41, 5.74) is 0.767. The van der Waals surface area contributed by atoms with Crippen LogP contribution in [0.25, 0.3) is 0 Å². The molecule has 0 aliphatic heterocycles. The van der Waals surface area contributed by atoms with Gasteiger partial charge in [-0.3, -0.25) is 4.79 Å². The maximum atomic E-state index is 12.2. The summed E-state index contributed by atoms with van der Waals surface area (Å²) in [7, 11) is 3.55. The Hall–Kier alpha value is -1.40. The predicted octanol–water partition coefficient (Wildman–Crippen LogP) is 3.22. The molecule has 0 atom stereocenters. The highest BCUT2D eigenvalue weighted by Gasteiger charge is 2.15. The molecule has 0 aromatic carbocycles. The number of nitrogens with zero attached hydrogens (tertiary/aromatic N) is 2. The standard InChI is InChI=1S/C12H12BrN3OS/c1-14-11-6-3-8(7-15-11)16(2)12(17)9-4-5-10(13)18-9/h3-7H,1-2H3,(H,14,15). The Balaban J connectivity index is 2.19. The number of pyridine rings is 1. The van der Waals surface area contributed by atoms with Crippen molar-refractivity contribution < 1.29 is 4.79 Å². The number of thiophene rings is 1.